The van der Waals surface area contributed by atoms with Gasteiger partial charge in [-0.3, -0.25) is 29.1 Å². The summed E-state index contributed by atoms with van der Waals surface area (Å²) < 4.78 is 134. The van der Waals surface area contributed by atoms with E-state index in [0.29, 0.717) is 93.2 Å². The molecule has 0 saturated carbocycles. The van der Waals surface area contributed by atoms with E-state index in [9.17, 15) is 27.0 Å². The van der Waals surface area contributed by atoms with Gasteiger partial charge in [-0.25, -0.2) is 44.7 Å². The average molecular weight is 2230 g/mol. The third-order valence-corrected chi connectivity index (χ3v) is 36.1. The molecule has 135 heavy (non-hydrogen) atoms. The summed E-state index contributed by atoms with van der Waals surface area (Å²) in [6.45, 7) is 24.9. The zero-order chi connectivity index (χ0) is 97.5. The lowest BCUT2D eigenvalue weighted by Gasteiger charge is -2.32. The van der Waals surface area contributed by atoms with Crippen LogP contribution in [0.4, 0.5) is 0 Å². The summed E-state index contributed by atoms with van der Waals surface area (Å²) >= 11 is 21.9. The minimum atomic E-state index is -2.68. The minimum absolute atomic E-state index is 0.200. The molecule has 0 spiro atoms. The van der Waals surface area contributed by atoms with Crippen molar-refractivity contribution in [1.29, 1.82) is 4.78 Å². The Kier molecular flexibility index (Phi) is 34.3. The third-order valence-electron chi connectivity index (χ3n) is 23.4. The maximum absolute atomic E-state index is 12.5. The summed E-state index contributed by atoms with van der Waals surface area (Å²) in [7, 11) is -7.97. The SMILES string of the molecule is CN=S(C)(=O)c1ccc(-c2ccc(-c3nc4c(cc3Cl)nc(O[C@@H]3CO[C@H]5[C@@H]3OC[C@H]5O)n4COCC[Si](C)(C)C)cc2)nc1.CN=S(C)(=O)c1ccc(-c2ccc(B3OC(C)(C)C(C)(C)O3)cc2)nc1.CN=S(C)(=O)c1ccc(-c2ccc(Br)cc2)nc1.CS(=N)(=O)c1ccc(-c2ccc(Br)cc2)nc1.C[Si](C)(C)CCOCn1c(O[C@@H]2CO[C@H]3[C@@H]2OC[C@H]3O)nc2cc(Cl)c(I)nc21. The fraction of sp³-hybridized carbons (Fsp3) is 0.398. The molecule has 13 heterocycles. The Labute approximate surface area is 832 Å². The Bertz CT molecular complexity index is 6690. The number of imidazole rings is 2. The first-order valence-corrected chi connectivity index (χ1v) is 61.9. The Morgan fingerprint density at radius 2 is 0.815 bits per heavy atom. The van der Waals surface area contributed by atoms with Crippen LogP contribution in [0.25, 0.3) is 78.6 Å². The van der Waals surface area contributed by atoms with Crippen molar-refractivity contribution in [2.45, 2.75) is 172 Å². The summed E-state index contributed by atoms with van der Waals surface area (Å²) in [5.74, 6) is 0. The number of aromatic nitrogens is 10. The molecule has 0 radical (unpaired) electrons. The molecule has 30 nitrogen and oxygen atoms in total. The largest absolute Gasteiger partial charge is 0.494 e. The molecule has 0 bridgehead atoms. The van der Waals surface area contributed by atoms with Gasteiger partial charge in [-0.1, -0.05) is 167 Å². The number of ether oxygens (including phenoxy) is 8. The number of benzene rings is 4. The van der Waals surface area contributed by atoms with Crippen LogP contribution in [0.5, 0.6) is 12.0 Å². The number of aliphatic hydroxyl groups is 2. The summed E-state index contributed by atoms with van der Waals surface area (Å²) in [6, 6.07) is 52.3. The molecule has 17 rings (SSSR count). The molecule has 0 amide bonds. The normalized spacial score (nSPS) is 21.0. The van der Waals surface area contributed by atoms with E-state index >= 15 is 0 Å². The maximum Gasteiger partial charge on any atom is 0.494 e. The predicted molar refractivity (Wildman–Crippen MR) is 552 cm³/mol. The number of fused-ring (bicyclic) bond motifs is 4. The maximum atomic E-state index is 12.5. The molecular weight excluding hydrogens is 2120 g/mol. The van der Waals surface area contributed by atoms with Gasteiger partial charge in [0.25, 0.3) is 0 Å². The lowest BCUT2D eigenvalue weighted by molar-refractivity contribution is 0.00332. The zero-order valence-corrected chi connectivity index (χ0v) is 90.1. The standard InChI is InChI=1S/C31H38ClN5O6SSi.C19H25BN2O3S.C18H25ClIN3O5Si.C13H13BrN2OS.C12H11BrN2OS/c1-33-44(2,39)21-10-11-23(34-15-21)19-6-8-20(9-7-19)27-22(32)14-24-30(36-27)37(18-40-12-13-45(3,4)5)31(35-24)43-26-17-42-28-25(38)16-41-29(26)28;1-18(2)19(3,4)25-20(24-18)15-9-7-14(8-10-15)17-12-11-16(13-22-17)26(6,23)21-5;1-29(2,3)5-4-25-9-23-17-11(6-10(19)16(20)22-17)21-18(23)28-13-8-27-14-12(24)7-26-15(13)14;1-15-18(2,17)12-7-8-13(16-9-12)10-3-5-11(14)6-4-10;1-17(14,16)11-6-7-12(15-8-11)9-2-4-10(13)5-3-9/h6-11,14-15,25-26,28-29,38H,12-13,16-18H2,1-5H3;7-13H,1-6H3;6,12-15,24H,4-5,7-9H2,1-3H3;3-9H,1-2H3;2-8,14H,1H3/t25-,26-,28-,29-,44?;;12-,13-,14-,15-;;/m1.1../s1. The van der Waals surface area contributed by atoms with E-state index in [4.69, 9.17) is 85.2 Å². The van der Waals surface area contributed by atoms with Crippen LogP contribution in [0.15, 0.2) is 224 Å². The van der Waals surface area contributed by atoms with Gasteiger partial charge in [-0.15, -0.1) is 0 Å². The summed E-state index contributed by atoms with van der Waals surface area (Å²) in [5.41, 5.74) is 11.3. The van der Waals surface area contributed by atoms with Gasteiger partial charge in [0.15, 0.2) is 23.5 Å². The third kappa shape index (κ3) is 26.4. The summed E-state index contributed by atoms with van der Waals surface area (Å²) in [5, 5.41) is 21.1. The predicted octanol–water partition coefficient (Wildman–Crippen LogP) is 18.3. The molecule has 12 atom stereocenters. The van der Waals surface area contributed by atoms with Gasteiger partial charge in [0, 0.05) is 137 Å². The number of rotatable bonds is 24. The molecule has 5 aliphatic rings. The molecule has 5 fully saturated rings. The highest BCUT2D eigenvalue weighted by molar-refractivity contribution is 14.1. The van der Waals surface area contributed by atoms with Crippen LogP contribution < -0.4 is 14.9 Å². The monoisotopic (exact) mass is 2230 g/mol. The van der Waals surface area contributed by atoms with Crippen LogP contribution in [-0.4, -0.2) is 245 Å². The lowest BCUT2D eigenvalue weighted by Crippen LogP contribution is -2.41. The first kappa shape index (κ1) is 105. The Morgan fingerprint density at radius 3 is 1.16 bits per heavy atom. The molecular formula is C93H112BBr2Cl2IN14O16S4Si2. The number of nitrogens with zero attached hydrogens (tertiary/aromatic N) is 13. The Morgan fingerprint density at radius 1 is 0.481 bits per heavy atom. The molecule has 4 unspecified atom stereocenters. The molecule has 5 saturated heterocycles. The van der Waals surface area contributed by atoms with Crippen LogP contribution >= 0.6 is 77.7 Å². The van der Waals surface area contributed by atoms with E-state index in [0.717, 1.165) is 77.1 Å². The van der Waals surface area contributed by atoms with E-state index < -0.39 is 79.5 Å². The van der Waals surface area contributed by atoms with E-state index in [1.54, 1.807) is 88.8 Å². The van der Waals surface area contributed by atoms with Gasteiger partial charge in [0.2, 0.25) is 0 Å². The Balaban J connectivity index is 0.000000150. The molecule has 12 aromatic rings. The van der Waals surface area contributed by atoms with E-state index in [1.807, 2.05) is 164 Å². The first-order chi connectivity index (χ1) is 63.7. The van der Waals surface area contributed by atoms with Crippen molar-refractivity contribution in [3.8, 4) is 68.3 Å². The number of hydrogen-bond acceptors (Lipinski definition) is 28. The van der Waals surface area contributed by atoms with Crippen molar-refractivity contribution >= 4 is 168 Å². The second-order valence-electron chi connectivity index (χ2n) is 36.4. The number of hydrogen-bond donors (Lipinski definition) is 3. The van der Waals surface area contributed by atoms with E-state index in [1.165, 1.54) is 12.5 Å². The van der Waals surface area contributed by atoms with Crippen molar-refractivity contribution < 1.29 is 74.3 Å². The van der Waals surface area contributed by atoms with Gasteiger partial charge in [0.1, 0.15) is 64.8 Å². The highest BCUT2D eigenvalue weighted by atomic mass is 127. The fourth-order valence-electron chi connectivity index (χ4n) is 14.3. The van der Waals surface area contributed by atoms with Gasteiger partial charge < -0.3 is 57.4 Å². The fourth-order valence-corrected chi connectivity index (χ4v) is 20.0. The van der Waals surface area contributed by atoms with Crippen LogP contribution in [0.1, 0.15) is 27.7 Å². The second-order valence-corrected chi connectivity index (χ2v) is 60.8. The van der Waals surface area contributed by atoms with Gasteiger partial charge >= 0.3 is 19.1 Å². The van der Waals surface area contributed by atoms with Crippen molar-refractivity contribution in [2.24, 2.45) is 13.1 Å². The quantitative estimate of drug-likeness (QED) is 0.0219. The highest BCUT2D eigenvalue weighted by Crippen LogP contribution is 2.40. The van der Waals surface area contributed by atoms with E-state index in [-0.39, 0.29) is 76.0 Å². The van der Waals surface area contributed by atoms with Crippen LogP contribution in [-0.2, 0) is 90.1 Å². The van der Waals surface area contributed by atoms with E-state index in [2.05, 4.69) is 137 Å². The van der Waals surface area contributed by atoms with Gasteiger partial charge in [-0.2, -0.15) is 9.97 Å². The topological polar surface area (TPSA) is 375 Å². The van der Waals surface area contributed by atoms with Crippen LogP contribution in [0, 0.1) is 8.48 Å². The summed E-state index contributed by atoms with van der Waals surface area (Å²) in [6.07, 6.45) is 9.02. The summed E-state index contributed by atoms with van der Waals surface area (Å²) in [4.78, 5) is 38.7. The van der Waals surface area contributed by atoms with Crippen LogP contribution in [0.3, 0.4) is 0 Å². The molecule has 8 aromatic heterocycles. The minimum Gasteiger partial charge on any atom is -0.456 e. The van der Waals surface area contributed by atoms with Crippen molar-refractivity contribution in [2.75, 3.05) is 85.8 Å². The highest BCUT2D eigenvalue weighted by Gasteiger charge is 2.53. The zero-order valence-electron chi connectivity index (χ0n) is 78.0. The molecule has 3 N–H and O–H groups in total. The van der Waals surface area contributed by atoms with Crippen molar-refractivity contribution in [1.82, 2.24) is 49.0 Å². The average Bonchev–Trinajstić information content (AvgIpc) is 1.62. The second kappa shape index (κ2) is 44.1. The molecule has 0 aliphatic carbocycles. The van der Waals surface area contributed by atoms with Crippen molar-refractivity contribution in [3.05, 3.63) is 205 Å². The lowest BCUT2D eigenvalue weighted by atomic mass is 9.79. The molecule has 4 aromatic carbocycles. The number of nitrogens with one attached hydrogen (secondary N) is 1. The number of pyridine rings is 6. The van der Waals surface area contributed by atoms with Crippen molar-refractivity contribution in [3.63, 3.8) is 0 Å². The van der Waals surface area contributed by atoms with Gasteiger partial charge in [-0.05, 0) is 153 Å². The number of aliphatic hydroxyl groups excluding tert-OH is 2. The Hall–Kier alpha value is -7.51. The van der Waals surface area contributed by atoms with Crippen LogP contribution in [0.2, 0.25) is 61.4 Å². The molecule has 5 aliphatic heterocycles. The molecule has 720 valence electrons. The first-order valence-electron chi connectivity index (χ1n) is 43.3. The van der Waals surface area contributed by atoms with Gasteiger partial charge in [0.05, 0.1) is 135 Å². The number of halogens is 5. The molecule has 42 heteroatoms. The smallest absolute Gasteiger partial charge is 0.456 e.